The number of H-pyrrole nitrogens is 1. The van der Waals surface area contributed by atoms with Crippen LogP contribution in [0.3, 0.4) is 0 Å². The van der Waals surface area contributed by atoms with E-state index in [1.54, 1.807) is 18.2 Å². The summed E-state index contributed by atoms with van der Waals surface area (Å²) in [7, 11) is 0. The van der Waals surface area contributed by atoms with Crippen molar-refractivity contribution in [1.82, 2.24) is 9.97 Å². The molecule has 0 aliphatic carbocycles. The number of carbonyl (C=O) groups is 1. The van der Waals surface area contributed by atoms with E-state index in [9.17, 15) is 4.79 Å². The Morgan fingerprint density at radius 1 is 0.912 bits per heavy atom. The molecule has 2 N–H and O–H groups in total. The number of nitrogens with zero attached hydrogens (tertiary/aromatic N) is 1. The Bertz CT molecular complexity index is 1530. The van der Waals surface area contributed by atoms with Gasteiger partial charge in [0, 0.05) is 32.8 Å². The van der Waals surface area contributed by atoms with Crippen molar-refractivity contribution in [3.05, 3.63) is 93.4 Å². The van der Waals surface area contributed by atoms with E-state index >= 15 is 0 Å². The maximum atomic E-state index is 12.6. The van der Waals surface area contributed by atoms with Gasteiger partial charge < -0.3 is 10.3 Å². The van der Waals surface area contributed by atoms with E-state index in [2.05, 4.69) is 16.4 Å². The maximum absolute atomic E-state index is 12.6. The second-order valence-corrected chi connectivity index (χ2v) is 9.36. The molecule has 0 saturated heterocycles. The van der Waals surface area contributed by atoms with Gasteiger partial charge in [0.2, 0.25) is 5.91 Å². The number of aromatic amines is 1. The first-order chi connectivity index (χ1) is 16.5. The highest BCUT2D eigenvalue weighted by Gasteiger charge is 2.16. The van der Waals surface area contributed by atoms with Crippen molar-refractivity contribution >= 4 is 68.2 Å². The van der Waals surface area contributed by atoms with Crippen molar-refractivity contribution in [2.75, 3.05) is 5.32 Å². The van der Waals surface area contributed by atoms with Crippen LogP contribution < -0.4 is 5.32 Å². The van der Waals surface area contributed by atoms with Gasteiger partial charge in [-0.25, -0.2) is 4.98 Å². The van der Waals surface area contributed by atoms with Gasteiger partial charge in [-0.2, -0.15) is 0 Å². The molecule has 34 heavy (non-hydrogen) atoms. The number of nitrogens with one attached hydrogen (secondary N) is 2. The summed E-state index contributed by atoms with van der Waals surface area (Å²) in [5.74, 6) is -0.104. The molecule has 2 heterocycles. The van der Waals surface area contributed by atoms with E-state index < -0.39 is 0 Å². The molecular formula is C27H20Cl3N3O. The highest BCUT2D eigenvalue weighted by atomic mass is 35.5. The fourth-order valence-corrected chi connectivity index (χ4v) is 4.76. The summed E-state index contributed by atoms with van der Waals surface area (Å²) < 4.78 is 0. The molecule has 5 aromatic rings. The molecule has 5 rings (SSSR count). The summed E-state index contributed by atoms with van der Waals surface area (Å²) in [6.45, 7) is 0. The molecule has 0 radical (unpaired) electrons. The Morgan fingerprint density at radius 3 is 2.56 bits per heavy atom. The first-order valence-corrected chi connectivity index (χ1v) is 12.0. The van der Waals surface area contributed by atoms with E-state index in [-0.39, 0.29) is 5.91 Å². The lowest BCUT2D eigenvalue weighted by Crippen LogP contribution is -2.11. The first-order valence-electron chi connectivity index (χ1n) is 10.9. The van der Waals surface area contributed by atoms with E-state index in [0.717, 1.165) is 38.8 Å². The third kappa shape index (κ3) is 4.76. The molecule has 1 amide bonds. The zero-order chi connectivity index (χ0) is 23.7. The fourth-order valence-electron chi connectivity index (χ4n) is 4.13. The normalized spacial score (nSPS) is 11.3. The standard InChI is InChI=1S/C27H20Cl3N3O/c28-17-9-12-23-20(14-17)19(5-3-7-26(34)32-24-13-10-18(29)15-21(24)30)27(33-23)25-11-8-16-4-1-2-6-22(16)31-25/h1-2,4,6,8-15,33H,3,5,7H2,(H,32,34). The summed E-state index contributed by atoms with van der Waals surface area (Å²) in [4.78, 5) is 20.9. The quantitative estimate of drug-likeness (QED) is 0.242. The predicted molar refractivity (Wildman–Crippen MR) is 142 cm³/mol. The Labute approximate surface area is 211 Å². The van der Waals surface area contributed by atoms with Crippen LogP contribution in [0.4, 0.5) is 5.69 Å². The first kappa shape index (κ1) is 22.7. The number of aryl methyl sites for hydroxylation is 1. The second kappa shape index (κ2) is 9.67. The highest BCUT2D eigenvalue weighted by molar-refractivity contribution is 6.36. The number of rotatable bonds is 6. The summed E-state index contributed by atoms with van der Waals surface area (Å²) in [6, 6.07) is 22.9. The largest absolute Gasteiger partial charge is 0.353 e. The van der Waals surface area contributed by atoms with Crippen molar-refractivity contribution < 1.29 is 4.79 Å². The van der Waals surface area contributed by atoms with Crippen molar-refractivity contribution in [2.24, 2.45) is 0 Å². The van der Waals surface area contributed by atoms with Crippen LogP contribution in [0, 0.1) is 0 Å². The smallest absolute Gasteiger partial charge is 0.224 e. The summed E-state index contributed by atoms with van der Waals surface area (Å²) in [6.07, 6.45) is 1.68. The molecule has 0 saturated carbocycles. The summed E-state index contributed by atoms with van der Waals surface area (Å²) >= 11 is 18.4. The van der Waals surface area contributed by atoms with Gasteiger partial charge in [0.05, 0.1) is 27.6 Å². The zero-order valence-corrected chi connectivity index (χ0v) is 20.3. The predicted octanol–water partition coefficient (Wildman–Crippen LogP) is 8.30. The Balaban J connectivity index is 1.40. The van der Waals surface area contributed by atoms with Crippen molar-refractivity contribution in [2.45, 2.75) is 19.3 Å². The van der Waals surface area contributed by atoms with E-state index in [4.69, 9.17) is 39.8 Å². The average Bonchev–Trinajstić information content (AvgIpc) is 3.18. The van der Waals surface area contributed by atoms with Gasteiger partial charge in [0.15, 0.2) is 0 Å². The third-order valence-electron chi connectivity index (χ3n) is 5.76. The minimum Gasteiger partial charge on any atom is -0.353 e. The molecule has 3 aromatic carbocycles. The molecule has 0 aliphatic rings. The molecule has 0 bridgehead atoms. The van der Waals surface area contributed by atoms with Gasteiger partial charge in [-0.15, -0.1) is 0 Å². The lowest BCUT2D eigenvalue weighted by atomic mass is 10.0. The molecule has 0 unspecified atom stereocenters. The lowest BCUT2D eigenvalue weighted by Gasteiger charge is -2.09. The monoisotopic (exact) mass is 507 g/mol. The number of amides is 1. The Morgan fingerprint density at radius 2 is 1.71 bits per heavy atom. The van der Waals surface area contributed by atoms with Crippen molar-refractivity contribution in [3.8, 4) is 11.4 Å². The van der Waals surface area contributed by atoms with Gasteiger partial charge in [-0.3, -0.25) is 4.79 Å². The molecular weight excluding hydrogens is 489 g/mol. The van der Waals surface area contributed by atoms with Crippen LogP contribution in [0.5, 0.6) is 0 Å². The van der Waals surface area contributed by atoms with Crippen LogP contribution >= 0.6 is 34.8 Å². The molecule has 0 atom stereocenters. The van der Waals surface area contributed by atoms with Crippen molar-refractivity contribution in [3.63, 3.8) is 0 Å². The second-order valence-electron chi connectivity index (χ2n) is 8.08. The molecule has 170 valence electrons. The minimum atomic E-state index is -0.104. The number of halogens is 3. The summed E-state index contributed by atoms with van der Waals surface area (Å²) in [5, 5.41) is 6.59. The van der Waals surface area contributed by atoms with E-state index in [1.807, 2.05) is 48.5 Å². The number of hydrogen-bond acceptors (Lipinski definition) is 2. The minimum absolute atomic E-state index is 0.104. The van der Waals surface area contributed by atoms with Gasteiger partial charge in [-0.05, 0) is 66.9 Å². The van der Waals surface area contributed by atoms with Gasteiger partial charge in [0.25, 0.3) is 0 Å². The number of aromatic nitrogens is 2. The van der Waals surface area contributed by atoms with Crippen LogP contribution in [-0.2, 0) is 11.2 Å². The molecule has 0 fully saturated rings. The number of hydrogen-bond donors (Lipinski definition) is 2. The SMILES string of the molecule is O=C(CCCc1c(-c2ccc3ccccc3n2)[nH]c2ccc(Cl)cc12)Nc1ccc(Cl)cc1Cl. The molecule has 0 aliphatic heterocycles. The van der Waals surface area contributed by atoms with Crippen LogP contribution in [0.2, 0.25) is 15.1 Å². The zero-order valence-electron chi connectivity index (χ0n) is 18.0. The van der Waals surface area contributed by atoms with Crippen LogP contribution in [0.1, 0.15) is 18.4 Å². The molecule has 2 aromatic heterocycles. The highest BCUT2D eigenvalue weighted by Crippen LogP contribution is 2.33. The number of para-hydroxylation sites is 1. The number of benzene rings is 3. The Hall–Kier alpha value is -3.05. The van der Waals surface area contributed by atoms with Crippen LogP contribution in [0.15, 0.2) is 72.8 Å². The van der Waals surface area contributed by atoms with E-state index in [0.29, 0.717) is 40.0 Å². The molecule has 4 nitrogen and oxygen atoms in total. The Kier molecular flexibility index (Phi) is 6.46. The number of pyridine rings is 1. The van der Waals surface area contributed by atoms with Crippen molar-refractivity contribution in [1.29, 1.82) is 0 Å². The van der Waals surface area contributed by atoms with Crippen LogP contribution in [-0.4, -0.2) is 15.9 Å². The van der Waals surface area contributed by atoms with Gasteiger partial charge in [-0.1, -0.05) is 59.1 Å². The van der Waals surface area contributed by atoms with Gasteiger partial charge in [0.1, 0.15) is 0 Å². The average molecular weight is 509 g/mol. The third-order valence-corrected chi connectivity index (χ3v) is 6.54. The molecule has 7 heteroatoms. The number of carbonyl (C=O) groups excluding carboxylic acids is 1. The fraction of sp³-hybridized carbons (Fsp3) is 0.111. The number of fused-ring (bicyclic) bond motifs is 2. The summed E-state index contributed by atoms with van der Waals surface area (Å²) in [5.41, 5.74) is 5.37. The topological polar surface area (TPSA) is 57.8 Å². The van der Waals surface area contributed by atoms with Gasteiger partial charge >= 0.3 is 0 Å². The lowest BCUT2D eigenvalue weighted by molar-refractivity contribution is -0.116. The molecule has 0 spiro atoms. The number of anilines is 1. The maximum Gasteiger partial charge on any atom is 0.224 e. The van der Waals surface area contributed by atoms with Crippen LogP contribution in [0.25, 0.3) is 33.2 Å². The van der Waals surface area contributed by atoms with E-state index in [1.165, 1.54) is 0 Å².